The summed E-state index contributed by atoms with van der Waals surface area (Å²) in [6.07, 6.45) is 1.45. The highest BCUT2D eigenvalue weighted by molar-refractivity contribution is 6.35. The van der Waals surface area contributed by atoms with Gasteiger partial charge in [-0.1, -0.05) is 40.9 Å². The van der Waals surface area contributed by atoms with Crippen molar-refractivity contribution in [2.24, 2.45) is 5.73 Å². The highest BCUT2D eigenvalue weighted by Gasteiger charge is 2.11. The van der Waals surface area contributed by atoms with Crippen LogP contribution in [-0.4, -0.2) is 4.98 Å². The summed E-state index contributed by atoms with van der Waals surface area (Å²) in [4.78, 5) is 4.01. The van der Waals surface area contributed by atoms with Crippen LogP contribution in [-0.2, 0) is 6.54 Å². The van der Waals surface area contributed by atoms with Crippen LogP contribution in [0.3, 0.4) is 0 Å². The maximum Gasteiger partial charge on any atom is 0.238 e. The third-order valence-corrected chi connectivity index (χ3v) is 3.09. The number of hydrogen-bond donors (Lipinski definition) is 1. The number of halogens is 3. The smallest absolute Gasteiger partial charge is 0.238 e. The minimum Gasteiger partial charge on any atom is -0.437 e. The molecule has 0 atom stereocenters. The largest absolute Gasteiger partial charge is 0.437 e. The van der Waals surface area contributed by atoms with E-state index in [1.807, 2.05) is 0 Å². The van der Waals surface area contributed by atoms with Crippen molar-refractivity contribution in [3.05, 3.63) is 51.1 Å². The third-order valence-electron chi connectivity index (χ3n) is 2.26. The average Bonchev–Trinajstić information content (AvgIpc) is 2.33. The van der Waals surface area contributed by atoms with Gasteiger partial charge in [0.2, 0.25) is 5.88 Å². The molecule has 3 nitrogen and oxygen atoms in total. The van der Waals surface area contributed by atoms with Gasteiger partial charge in [-0.05, 0) is 18.2 Å². The van der Waals surface area contributed by atoms with E-state index in [9.17, 15) is 0 Å². The zero-order valence-electron chi connectivity index (χ0n) is 9.16. The van der Waals surface area contributed by atoms with Gasteiger partial charge < -0.3 is 10.5 Å². The summed E-state index contributed by atoms with van der Waals surface area (Å²) in [5.41, 5.74) is 6.33. The van der Waals surface area contributed by atoms with Gasteiger partial charge in [0.25, 0.3) is 0 Å². The average molecular weight is 304 g/mol. The Morgan fingerprint density at radius 3 is 2.61 bits per heavy atom. The molecule has 1 aromatic carbocycles. The summed E-state index contributed by atoms with van der Waals surface area (Å²) < 4.78 is 5.60. The van der Waals surface area contributed by atoms with Crippen LogP contribution in [0.4, 0.5) is 0 Å². The number of nitrogens with zero attached hydrogens (tertiary/aromatic N) is 1. The van der Waals surface area contributed by atoms with Gasteiger partial charge in [-0.3, -0.25) is 0 Å². The van der Waals surface area contributed by atoms with Crippen molar-refractivity contribution >= 4 is 34.8 Å². The van der Waals surface area contributed by atoms with E-state index in [0.29, 0.717) is 26.4 Å². The Morgan fingerprint density at radius 2 is 1.94 bits per heavy atom. The summed E-state index contributed by atoms with van der Waals surface area (Å²) >= 11 is 17.8. The molecule has 0 bridgehead atoms. The Hall–Kier alpha value is -1.000. The Kier molecular flexibility index (Phi) is 4.30. The van der Waals surface area contributed by atoms with Gasteiger partial charge in [0, 0.05) is 23.3 Å². The van der Waals surface area contributed by atoms with Crippen molar-refractivity contribution < 1.29 is 4.74 Å². The summed E-state index contributed by atoms with van der Waals surface area (Å²) in [6.45, 7) is 0.264. The van der Waals surface area contributed by atoms with Crippen molar-refractivity contribution in [1.29, 1.82) is 0 Å². The molecule has 0 amide bonds. The molecule has 0 unspecified atom stereocenters. The molecule has 2 rings (SSSR count). The first-order chi connectivity index (χ1) is 8.61. The molecule has 0 spiro atoms. The van der Waals surface area contributed by atoms with E-state index >= 15 is 0 Å². The fraction of sp³-hybridized carbons (Fsp3) is 0.0833. The van der Waals surface area contributed by atoms with E-state index in [1.54, 1.807) is 24.3 Å². The number of rotatable bonds is 3. The number of hydrogen-bond acceptors (Lipinski definition) is 3. The Morgan fingerprint density at radius 1 is 1.17 bits per heavy atom. The summed E-state index contributed by atoms with van der Waals surface area (Å²) in [5.74, 6) is 0.791. The predicted molar refractivity (Wildman–Crippen MR) is 73.7 cm³/mol. The Labute approximate surface area is 119 Å². The molecular formula is C12H9Cl3N2O. The predicted octanol–water partition coefficient (Wildman–Crippen LogP) is 4.29. The summed E-state index contributed by atoms with van der Waals surface area (Å²) in [6, 6.07) is 6.81. The molecule has 0 aliphatic rings. The molecule has 0 fully saturated rings. The van der Waals surface area contributed by atoms with Crippen LogP contribution in [0.25, 0.3) is 0 Å². The van der Waals surface area contributed by atoms with Gasteiger partial charge in [0.05, 0.1) is 5.02 Å². The van der Waals surface area contributed by atoms with Crippen LogP contribution in [0.1, 0.15) is 5.56 Å². The number of benzene rings is 1. The van der Waals surface area contributed by atoms with E-state index in [1.165, 1.54) is 6.20 Å². The lowest BCUT2D eigenvalue weighted by atomic mass is 10.2. The summed E-state index contributed by atoms with van der Waals surface area (Å²) in [5, 5.41) is 1.31. The lowest BCUT2D eigenvalue weighted by Crippen LogP contribution is -2.01. The van der Waals surface area contributed by atoms with Gasteiger partial charge in [0.15, 0.2) is 0 Å². The van der Waals surface area contributed by atoms with Crippen LogP contribution in [0.2, 0.25) is 15.1 Å². The monoisotopic (exact) mass is 302 g/mol. The second kappa shape index (κ2) is 5.76. The van der Waals surface area contributed by atoms with Crippen molar-refractivity contribution in [3.63, 3.8) is 0 Å². The normalized spacial score (nSPS) is 10.4. The van der Waals surface area contributed by atoms with Crippen LogP contribution < -0.4 is 10.5 Å². The van der Waals surface area contributed by atoms with Crippen molar-refractivity contribution in [3.8, 4) is 11.6 Å². The molecule has 0 aliphatic carbocycles. The van der Waals surface area contributed by atoms with Crippen LogP contribution in [0.15, 0.2) is 30.5 Å². The fourth-order valence-electron chi connectivity index (χ4n) is 1.41. The SMILES string of the molecule is NCc1c(Cl)cccc1Oc1ncc(Cl)cc1Cl. The topological polar surface area (TPSA) is 48.1 Å². The maximum atomic E-state index is 6.03. The first-order valence-electron chi connectivity index (χ1n) is 5.08. The molecule has 94 valence electrons. The maximum absolute atomic E-state index is 6.03. The van der Waals surface area contributed by atoms with Gasteiger partial charge >= 0.3 is 0 Å². The lowest BCUT2D eigenvalue weighted by molar-refractivity contribution is 0.457. The second-order valence-corrected chi connectivity index (χ2v) is 4.71. The van der Waals surface area contributed by atoms with Gasteiger partial charge in [0.1, 0.15) is 10.8 Å². The van der Waals surface area contributed by atoms with Crippen LogP contribution >= 0.6 is 34.8 Å². The molecule has 2 N–H and O–H groups in total. The summed E-state index contributed by atoms with van der Waals surface area (Å²) in [7, 11) is 0. The molecule has 0 saturated carbocycles. The number of nitrogens with two attached hydrogens (primary N) is 1. The Balaban J connectivity index is 2.37. The van der Waals surface area contributed by atoms with Crippen molar-refractivity contribution in [1.82, 2.24) is 4.98 Å². The zero-order chi connectivity index (χ0) is 13.1. The molecule has 6 heteroatoms. The van der Waals surface area contributed by atoms with E-state index < -0.39 is 0 Å². The molecule has 0 radical (unpaired) electrons. The van der Waals surface area contributed by atoms with Gasteiger partial charge in [-0.2, -0.15) is 0 Å². The molecule has 0 saturated heterocycles. The third kappa shape index (κ3) is 2.87. The van der Waals surface area contributed by atoms with Crippen molar-refractivity contribution in [2.45, 2.75) is 6.54 Å². The Bertz CT molecular complexity index is 575. The highest BCUT2D eigenvalue weighted by atomic mass is 35.5. The van der Waals surface area contributed by atoms with Crippen LogP contribution in [0, 0.1) is 0 Å². The minimum absolute atomic E-state index is 0.262. The second-order valence-electron chi connectivity index (χ2n) is 3.46. The quantitative estimate of drug-likeness (QED) is 0.920. The standard InChI is InChI=1S/C12H9Cl3N2O/c13-7-4-10(15)12(17-6-7)18-11-3-1-2-9(14)8(11)5-16/h1-4,6H,5,16H2. The van der Waals surface area contributed by atoms with Gasteiger partial charge in [-0.15, -0.1) is 0 Å². The fourth-order valence-corrected chi connectivity index (χ4v) is 2.08. The zero-order valence-corrected chi connectivity index (χ0v) is 11.4. The number of ether oxygens (including phenoxy) is 1. The number of aromatic nitrogens is 1. The first-order valence-corrected chi connectivity index (χ1v) is 6.21. The number of pyridine rings is 1. The van der Waals surface area contributed by atoms with Crippen LogP contribution in [0.5, 0.6) is 11.6 Å². The first kappa shape index (κ1) is 13.4. The van der Waals surface area contributed by atoms with Gasteiger partial charge in [-0.25, -0.2) is 4.98 Å². The minimum atomic E-state index is 0.262. The lowest BCUT2D eigenvalue weighted by Gasteiger charge is -2.11. The van der Waals surface area contributed by atoms with E-state index in [0.717, 1.165) is 0 Å². The molecule has 1 aromatic heterocycles. The molecular weight excluding hydrogens is 295 g/mol. The highest BCUT2D eigenvalue weighted by Crippen LogP contribution is 2.33. The molecule has 18 heavy (non-hydrogen) atoms. The van der Waals surface area contributed by atoms with Crippen molar-refractivity contribution in [2.75, 3.05) is 0 Å². The van der Waals surface area contributed by atoms with E-state index in [-0.39, 0.29) is 12.4 Å². The molecule has 1 heterocycles. The van der Waals surface area contributed by atoms with E-state index in [4.69, 9.17) is 45.3 Å². The van der Waals surface area contributed by atoms with E-state index in [2.05, 4.69) is 4.98 Å². The molecule has 2 aromatic rings. The molecule has 0 aliphatic heterocycles.